The van der Waals surface area contributed by atoms with Crippen LogP contribution in [0.25, 0.3) is 0 Å². The Kier molecular flexibility index (Phi) is 5.91. The number of methoxy groups -OCH3 is 1. The van der Waals surface area contributed by atoms with Gasteiger partial charge in [0, 0.05) is 17.1 Å². The highest BCUT2D eigenvalue weighted by Crippen LogP contribution is 2.35. The standard InChI is InChI=1S/C16H24BrNO3S/c1-4-18(13-8-6-5-7-9-13)22(19,20)16-11-14(17)12(2)10-15(16)21-3/h10-11,13H,4-9H2,1-3H3. The first kappa shape index (κ1) is 17.8. The van der Waals surface area contributed by atoms with Gasteiger partial charge in [-0.3, -0.25) is 0 Å². The van der Waals surface area contributed by atoms with E-state index in [0.29, 0.717) is 12.3 Å². The van der Waals surface area contributed by atoms with Gasteiger partial charge in [-0.15, -0.1) is 0 Å². The van der Waals surface area contributed by atoms with Crippen molar-refractivity contribution in [3.05, 3.63) is 22.2 Å². The molecule has 0 heterocycles. The zero-order chi connectivity index (χ0) is 16.3. The Bertz CT molecular complexity index is 625. The Morgan fingerprint density at radius 2 is 1.91 bits per heavy atom. The number of sulfonamides is 1. The Hall–Kier alpha value is -0.590. The maximum Gasteiger partial charge on any atom is 0.247 e. The fourth-order valence-electron chi connectivity index (χ4n) is 3.12. The van der Waals surface area contributed by atoms with Crippen LogP contribution in [-0.2, 0) is 10.0 Å². The molecule has 6 heteroatoms. The summed E-state index contributed by atoms with van der Waals surface area (Å²) in [4.78, 5) is 0.250. The molecule has 22 heavy (non-hydrogen) atoms. The lowest BCUT2D eigenvalue weighted by molar-refractivity contribution is 0.260. The van der Waals surface area contributed by atoms with Gasteiger partial charge >= 0.3 is 0 Å². The van der Waals surface area contributed by atoms with E-state index >= 15 is 0 Å². The predicted molar refractivity (Wildman–Crippen MR) is 91.9 cm³/mol. The number of halogens is 1. The van der Waals surface area contributed by atoms with Gasteiger partial charge in [-0.25, -0.2) is 8.42 Å². The summed E-state index contributed by atoms with van der Waals surface area (Å²) in [5.41, 5.74) is 0.955. The first-order chi connectivity index (χ1) is 10.4. The molecule has 1 aromatic carbocycles. The zero-order valence-corrected chi connectivity index (χ0v) is 15.8. The number of rotatable bonds is 5. The van der Waals surface area contributed by atoms with E-state index < -0.39 is 10.0 Å². The lowest BCUT2D eigenvalue weighted by Crippen LogP contribution is -2.41. The Morgan fingerprint density at radius 1 is 1.27 bits per heavy atom. The van der Waals surface area contributed by atoms with Gasteiger partial charge in [-0.05, 0) is 37.5 Å². The van der Waals surface area contributed by atoms with Crippen molar-refractivity contribution < 1.29 is 13.2 Å². The molecular formula is C16H24BrNO3S. The number of hydrogen-bond acceptors (Lipinski definition) is 3. The number of benzene rings is 1. The Balaban J connectivity index is 2.45. The van der Waals surface area contributed by atoms with Gasteiger partial charge in [0.2, 0.25) is 10.0 Å². The van der Waals surface area contributed by atoms with Crippen LogP contribution in [0.4, 0.5) is 0 Å². The van der Waals surface area contributed by atoms with Crippen LogP contribution in [0.2, 0.25) is 0 Å². The molecule has 2 rings (SSSR count). The SMILES string of the molecule is CCN(C1CCCCC1)S(=O)(=O)c1cc(Br)c(C)cc1OC. The van der Waals surface area contributed by atoms with Crippen LogP contribution in [0, 0.1) is 6.92 Å². The van der Waals surface area contributed by atoms with Crippen LogP contribution in [0.3, 0.4) is 0 Å². The van der Waals surface area contributed by atoms with Crippen molar-refractivity contribution in [1.29, 1.82) is 0 Å². The highest BCUT2D eigenvalue weighted by atomic mass is 79.9. The smallest absolute Gasteiger partial charge is 0.247 e. The first-order valence-electron chi connectivity index (χ1n) is 7.77. The number of hydrogen-bond donors (Lipinski definition) is 0. The van der Waals surface area contributed by atoms with Gasteiger partial charge < -0.3 is 4.74 Å². The van der Waals surface area contributed by atoms with Crippen LogP contribution in [0.1, 0.15) is 44.6 Å². The van der Waals surface area contributed by atoms with Gasteiger partial charge in [0.25, 0.3) is 0 Å². The molecule has 0 radical (unpaired) electrons. The fourth-order valence-corrected chi connectivity index (χ4v) is 5.47. The van der Waals surface area contributed by atoms with Crippen molar-refractivity contribution in [3.8, 4) is 5.75 Å². The average molecular weight is 390 g/mol. The van der Waals surface area contributed by atoms with Crippen LogP contribution in [0.5, 0.6) is 5.75 Å². The molecule has 0 aromatic heterocycles. The zero-order valence-electron chi connectivity index (χ0n) is 13.4. The third kappa shape index (κ3) is 3.49. The summed E-state index contributed by atoms with van der Waals surface area (Å²) < 4.78 is 34.0. The molecule has 124 valence electrons. The van der Waals surface area contributed by atoms with Crippen molar-refractivity contribution in [1.82, 2.24) is 4.31 Å². The quantitative estimate of drug-likeness (QED) is 0.760. The summed E-state index contributed by atoms with van der Waals surface area (Å²) >= 11 is 3.43. The van der Waals surface area contributed by atoms with E-state index in [1.165, 1.54) is 13.5 Å². The summed E-state index contributed by atoms with van der Waals surface area (Å²) in [6.45, 7) is 4.31. The van der Waals surface area contributed by atoms with Crippen LogP contribution >= 0.6 is 15.9 Å². The number of aryl methyl sites for hydroxylation is 1. The summed E-state index contributed by atoms with van der Waals surface area (Å²) in [6.07, 6.45) is 5.30. The molecule has 1 fully saturated rings. The molecule has 1 saturated carbocycles. The maximum atomic E-state index is 13.1. The minimum Gasteiger partial charge on any atom is -0.495 e. The number of nitrogens with zero attached hydrogens (tertiary/aromatic N) is 1. The second kappa shape index (κ2) is 7.32. The van der Waals surface area contributed by atoms with Crippen molar-refractivity contribution in [2.75, 3.05) is 13.7 Å². The Labute approximate surface area is 142 Å². The van der Waals surface area contributed by atoms with Gasteiger partial charge in [-0.2, -0.15) is 4.31 Å². The molecule has 0 amide bonds. The van der Waals surface area contributed by atoms with E-state index in [-0.39, 0.29) is 10.9 Å². The lowest BCUT2D eigenvalue weighted by Gasteiger charge is -2.33. The topological polar surface area (TPSA) is 46.6 Å². The number of ether oxygens (including phenoxy) is 1. The fraction of sp³-hybridized carbons (Fsp3) is 0.625. The van der Waals surface area contributed by atoms with E-state index in [1.54, 1.807) is 16.4 Å². The largest absolute Gasteiger partial charge is 0.495 e. The summed E-state index contributed by atoms with van der Waals surface area (Å²) in [6, 6.07) is 3.54. The molecule has 0 N–H and O–H groups in total. The second-order valence-electron chi connectivity index (χ2n) is 5.75. The lowest BCUT2D eigenvalue weighted by atomic mass is 9.95. The molecular weight excluding hydrogens is 366 g/mol. The molecule has 0 atom stereocenters. The molecule has 0 aliphatic heterocycles. The van der Waals surface area contributed by atoms with Crippen LogP contribution in [0.15, 0.2) is 21.5 Å². The van der Waals surface area contributed by atoms with E-state index in [4.69, 9.17) is 4.74 Å². The third-order valence-electron chi connectivity index (χ3n) is 4.33. The van der Waals surface area contributed by atoms with Crippen LogP contribution in [-0.4, -0.2) is 32.4 Å². The monoisotopic (exact) mass is 389 g/mol. The van der Waals surface area contributed by atoms with Crippen molar-refractivity contribution in [2.45, 2.75) is 56.9 Å². The third-order valence-corrected chi connectivity index (χ3v) is 7.23. The van der Waals surface area contributed by atoms with Crippen molar-refractivity contribution >= 4 is 26.0 Å². The average Bonchev–Trinajstić information content (AvgIpc) is 2.51. The van der Waals surface area contributed by atoms with Gasteiger partial charge in [0.05, 0.1) is 7.11 Å². The minimum atomic E-state index is -3.55. The van der Waals surface area contributed by atoms with E-state index in [2.05, 4.69) is 15.9 Å². The van der Waals surface area contributed by atoms with Crippen molar-refractivity contribution in [2.24, 2.45) is 0 Å². The molecule has 4 nitrogen and oxygen atoms in total. The normalized spacial score (nSPS) is 17.0. The van der Waals surface area contributed by atoms with E-state index in [1.807, 2.05) is 13.8 Å². The van der Waals surface area contributed by atoms with Gasteiger partial charge in [-0.1, -0.05) is 42.1 Å². The van der Waals surface area contributed by atoms with E-state index in [9.17, 15) is 8.42 Å². The highest BCUT2D eigenvalue weighted by Gasteiger charge is 2.33. The Morgan fingerprint density at radius 3 is 2.45 bits per heavy atom. The molecule has 0 spiro atoms. The van der Waals surface area contributed by atoms with Gasteiger partial charge in [0.15, 0.2) is 0 Å². The molecule has 1 aromatic rings. The molecule has 1 aliphatic rings. The molecule has 0 saturated heterocycles. The molecule has 0 unspecified atom stereocenters. The molecule has 0 bridgehead atoms. The first-order valence-corrected chi connectivity index (χ1v) is 10.0. The van der Waals surface area contributed by atoms with E-state index in [0.717, 1.165) is 35.7 Å². The summed E-state index contributed by atoms with van der Waals surface area (Å²) in [5, 5.41) is 0. The van der Waals surface area contributed by atoms with Crippen LogP contribution < -0.4 is 4.74 Å². The second-order valence-corrected chi connectivity index (χ2v) is 8.47. The molecule has 1 aliphatic carbocycles. The highest BCUT2D eigenvalue weighted by molar-refractivity contribution is 9.10. The van der Waals surface area contributed by atoms with Crippen molar-refractivity contribution in [3.63, 3.8) is 0 Å². The summed E-state index contributed by atoms with van der Waals surface area (Å²) in [7, 11) is -2.04. The summed E-state index contributed by atoms with van der Waals surface area (Å²) in [5.74, 6) is 0.412. The predicted octanol–water partition coefficient (Wildman–Crippen LogP) is 4.11. The van der Waals surface area contributed by atoms with Gasteiger partial charge in [0.1, 0.15) is 10.6 Å². The minimum absolute atomic E-state index is 0.105. The maximum absolute atomic E-state index is 13.1.